The van der Waals surface area contributed by atoms with Gasteiger partial charge in [0.2, 0.25) is 5.95 Å². The Morgan fingerprint density at radius 1 is 0.923 bits per heavy atom. The molecule has 2 heterocycles. The maximum atomic E-state index is 13.1. The van der Waals surface area contributed by atoms with Crippen LogP contribution in [0.25, 0.3) is 10.9 Å². The molecule has 0 aliphatic rings. The molecule has 0 atom stereocenters. The number of nitrogens with one attached hydrogen (secondary N) is 2. The molecule has 26 heavy (non-hydrogen) atoms. The predicted molar refractivity (Wildman–Crippen MR) is 106 cm³/mol. The average Bonchev–Trinajstić information content (AvgIpc) is 3.17. The number of anilines is 3. The third kappa shape index (κ3) is 3.81. The van der Waals surface area contributed by atoms with Crippen molar-refractivity contribution >= 4 is 39.7 Å². The minimum atomic E-state index is -0.272. The lowest BCUT2D eigenvalue weighted by Crippen LogP contribution is -2.08. The van der Waals surface area contributed by atoms with Gasteiger partial charge in [-0.1, -0.05) is 18.2 Å². The van der Waals surface area contributed by atoms with Crippen LogP contribution in [0.1, 0.15) is 4.88 Å². The monoisotopic (exact) mass is 364 g/mol. The number of thiophene rings is 1. The number of fused-ring (bicyclic) bond motifs is 1. The number of hydrogen-bond acceptors (Lipinski definition) is 5. The Balaban J connectivity index is 1.58. The Hall–Kier alpha value is -2.99. The number of nitrogens with zero attached hydrogens (tertiary/aromatic N) is 2. The van der Waals surface area contributed by atoms with Gasteiger partial charge in [-0.15, -0.1) is 11.3 Å². The van der Waals surface area contributed by atoms with E-state index >= 15 is 0 Å². The second kappa shape index (κ2) is 7.49. The van der Waals surface area contributed by atoms with Crippen LogP contribution in [-0.4, -0.2) is 16.5 Å². The molecule has 0 saturated heterocycles. The molecule has 130 valence electrons. The second-order valence-electron chi connectivity index (χ2n) is 5.80. The van der Waals surface area contributed by atoms with Gasteiger partial charge >= 0.3 is 0 Å². The first-order valence-corrected chi connectivity index (χ1v) is 9.21. The number of hydrogen-bond donors (Lipinski definition) is 2. The van der Waals surface area contributed by atoms with Crippen LogP contribution >= 0.6 is 11.3 Å². The summed E-state index contributed by atoms with van der Waals surface area (Å²) >= 11 is 1.75. The van der Waals surface area contributed by atoms with Crippen molar-refractivity contribution in [1.29, 1.82) is 0 Å². The van der Waals surface area contributed by atoms with Gasteiger partial charge in [-0.3, -0.25) is 0 Å². The molecule has 6 heteroatoms. The van der Waals surface area contributed by atoms with Crippen molar-refractivity contribution in [3.63, 3.8) is 0 Å². The standard InChI is InChI=1S/C20H17FN4S/c21-14-7-9-15(10-8-14)23-20-24-18-6-2-1-5-17(18)19(25-20)22-12-11-16-4-3-13-26-16/h1-10,13H,11-12H2,(H2,22,23,24,25). The molecule has 0 bridgehead atoms. The van der Waals surface area contributed by atoms with Gasteiger partial charge in [-0.05, 0) is 54.3 Å². The van der Waals surface area contributed by atoms with Gasteiger partial charge in [0.1, 0.15) is 11.6 Å². The van der Waals surface area contributed by atoms with Gasteiger partial charge in [-0.25, -0.2) is 9.37 Å². The van der Waals surface area contributed by atoms with Crippen LogP contribution in [0.4, 0.5) is 21.8 Å². The van der Waals surface area contributed by atoms with Gasteiger partial charge in [-0.2, -0.15) is 4.98 Å². The van der Waals surface area contributed by atoms with Crippen LogP contribution in [-0.2, 0) is 6.42 Å². The summed E-state index contributed by atoms with van der Waals surface area (Å²) in [7, 11) is 0. The minimum absolute atomic E-state index is 0.272. The average molecular weight is 364 g/mol. The lowest BCUT2D eigenvalue weighted by atomic mass is 10.2. The van der Waals surface area contributed by atoms with E-state index in [1.54, 1.807) is 23.5 Å². The number of para-hydroxylation sites is 1. The topological polar surface area (TPSA) is 49.8 Å². The highest BCUT2D eigenvalue weighted by Gasteiger charge is 2.08. The Morgan fingerprint density at radius 3 is 2.58 bits per heavy atom. The van der Waals surface area contributed by atoms with E-state index in [-0.39, 0.29) is 5.82 Å². The van der Waals surface area contributed by atoms with Gasteiger partial charge < -0.3 is 10.6 Å². The van der Waals surface area contributed by atoms with E-state index in [1.807, 2.05) is 24.3 Å². The number of rotatable bonds is 6. The number of benzene rings is 2. The summed E-state index contributed by atoms with van der Waals surface area (Å²) in [6.07, 6.45) is 0.941. The molecule has 2 aromatic heterocycles. The third-order valence-corrected chi connectivity index (χ3v) is 4.88. The van der Waals surface area contributed by atoms with Crippen LogP contribution in [0.2, 0.25) is 0 Å². The van der Waals surface area contributed by atoms with Gasteiger partial charge in [0.15, 0.2) is 0 Å². The molecule has 0 amide bonds. The molecule has 0 saturated carbocycles. The Kier molecular flexibility index (Phi) is 4.75. The first kappa shape index (κ1) is 16.5. The summed E-state index contributed by atoms with van der Waals surface area (Å²) in [5, 5.41) is 9.62. The zero-order chi connectivity index (χ0) is 17.8. The molecule has 2 aromatic carbocycles. The highest BCUT2D eigenvalue weighted by atomic mass is 32.1. The van der Waals surface area contributed by atoms with E-state index in [4.69, 9.17) is 0 Å². The van der Waals surface area contributed by atoms with Crippen molar-refractivity contribution in [2.24, 2.45) is 0 Å². The number of aromatic nitrogens is 2. The van der Waals surface area contributed by atoms with E-state index in [2.05, 4.69) is 38.1 Å². The third-order valence-electron chi connectivity index (χ3n) is 3.95. The summed E-state index contributed by atoms with van der Waals surface area (Å²) in [4.78, 5) is 10.5. The maximum Gasteiger partial charge on any atom is 0.229 e. The first-order valence-electron chi connectivity index (χ1n) is 8.33. The Bertz CT molecular complexity index is 1000. The lowest BCUT2D eigenvalue weighted by Gasteiger charge is -2.11. The largest absolute Gasteiger partial charge is 0.369 e. The summed E-state index contributed by atoms with van der Waals surface area (Å²) in [5.41, 5.74) is 1.59. The van der Waals surface area contributed by atoms with Crippen molar-refractivity contribution < 1.29 is 4.39 Å². The molecule has 0 aliphatic heterocycles. The molecule has 4 nitrogen and oxygen atoms in total. The van der Waals surface area contributed by atoms with E-state index < -0.39 is 0 Å². The summed E-state index contributed by atoms with van der Waals surface area (Å²) in [5.74, 6) is 0.997. The molecule has 0 spiro atoms. The Labute approximate surface area is 154 Å². The van der Waals surface area contributed by atoms with Crippen LogP contribution in [0, 0.1) is 5.82 Å². The molecule has 2 N–H and O–H groups in total. The molecule has 0 aliphatic carbocycles. The predicted octanol–water partition coefficient (Wildman–Crippen LogP) is 5.23. The van der Waals surface area contributed by atoms with Crippen molar-refractivity contribution in [1.82, 2.24) is 9.97 Å². The highest BCUT2D eigenvalue weighted by molar-refractivity contribution is 7.09. The lowest BCUT2D eigenvalue weighted by molar-refractivity contribution is 0.628. The fourth-order valence-electron chi connectivity index (χ4n) is 2.69. The fourth-order valence-corrected chi connectivity index (χ4v) is 3.40. The highest BCUT2D eigenvalue weighted by Crippen LogP contribution is 2.24. The Morgan fingerprint density at radius 2 is 1.77 bits per heavy atom. The van der Waals surface area contributed by atoms with Crippen LogP contribution < -0.4 is 10.6 Å². The van der Waals surface area contributed by atoms with Crippen molar-refractivity contribution in [3.05, 3.63) is 76.7 Å². The van der Waals surface area contributed by atoms with Gasteiger partial charge in [0.25, 0.3) is 0 Å². The van der Waals surface area contributed by atoms with Gasteiger partial charge in [0, 0.05) is 22.5 Å². The quantitative estimate of drug-likeness (QED) is 0.492. The maximum absolute atomic E-state index is 13.1. The van der Waals surface area contributed by atoms with E-state index in [9.17, 15) is 4.39 Å². The molecular formula is C20H17FN4S. The summed E-state index contributed by atoms with van der Waals surface area (Å²) < 4.78 is 13.1. The van der Waals surface area contributed by atoms with E-state index in [1.165, 1.54) is 17.0 Å². The van der Waals surface area contributed by atoms with E-state index in [0.717, 1.165) is 35.4 Å². The molecule has 4 rings (SSSR count). The zero-order valence-electron chi connectivity index (χ0n) is 13.9. The zero-order valence-corrected chi connectivity index (χ0v) is 14.8. The van der Waals surface area contributed by atoms with Crippen LogP contribution in [0.15, 0.2) is 66.0 Å². The molecule has 0 radical (unpaired) electrons. The molecule has 4 aromatic rings. The van der Waals surface area contributed by atoms with Gasteiger partial charge in [0.05, 0.1) is 5.52 Å². The number of halogens is 1. The normalized spacial score (nSPS) is 10.8. The SMILES string of the molecule is Fc1ccc(Nc2nc(NCCc3cccs3)c3ccccc3n2)cc1. The van der Waals surface area contributed by atoms with Crippen LogP contribution in [0.3, 0.4) is 0 Å². The minimum Gasteiger partial charge on any atom is -0.369 e. The summed E-state index contributed by atoms with van der Waals surface area (Å²) in [6, 6.07) is 18.2. The first-order chi connectivity index (χ1) is 12.8. The van der Waals surface area contributed by atoms with E-state index in [0.29, 0.717) is 5.95 Å². The second-order valence-corrected chi connectivity index (χ2v) is 6.83. The van der Waals surface area contributed by atoms with Crippen molar-refractivity contribution in [2.45, 2.75) is 6.42 Å². The van der Waals surface area contributed by atoms with Crippen LogP contribution in [0.5, 0.6) is 0 Å². The molecular weight excluding hydrogens is 347 g/mol. The van der Waals surface area contributed by atoms with Crippen molar-refractivity contribution in [2.75, 3.05) is 17.2 Å². The molecule has 0 unspecified atom stereocenters. The summed E-state index contributed by atoms with van der Waals surface area (Å²) in [6.45, 7) is 0.789. The fraction of sp³-hybridized carbons (Fsp3) is 0.100. The smallest absolute Gasteiger partial charge is 0.229 e. The molecule has 0 fully saturated rings. The van der Waals surface area contributed by atoms with Crippen molar-refractivity contribution in [3.8, 4) is 0 Å².